The van der Waals surface area contributed by atoms with Crippen molar-refractivity contribution in [1.29, 1.82) is 0 Å². The van der Waals surface area contributed by atoms with Gasteiger partial charge in [-0.1, -0.05) is 13.3 Å². The van der Waals surface area contributed by atoms with Gasteiger partial charge in [-0.05, 0) is 45.2 Å². The van der Waals surface area contributed by atoms with Crippen LogP contribution >= 0.6 is 24.8 Å². The first-order valence-electron chi connectivity index (χ1n) is 6.52. The number of hydrogen-bond donors (Lipinski definition) is 4. The lowest BCUT2D eigenvalue weighted by Gasteiger charge is -2.09. The highest BCUT2D eigenvalue weighted by Crippen LogP contribution is 2.01. The van der Waals surface area contributed by atoms with Gasteiger partial charge in [0, 0.05) is 6.04 Å². The Bertz CT molecular complexity index is 209. The molecule has 0 aliphatic carbocycles. The number of carboxylic acids is 1. The van der Waals surface area contributed by atoms with Crippen LogP contribution in [0.1, 0.15) is 45.4 Å². The van der Waals surface area contributed by atoms with Crippen LogP contribution in [0.25, 0.3) is 0 Å². The zero-order valence-corrected chi connectivity index (χ0v) is 13.3. The van der Waals surface area contributed by atoms with Crippen LogP contribution in [0, 0.1) is 0 Å². The van der Waals surface area contributed by atoms with E-state index in [2.05, 4.69) is 12.2 Å². The molecule has 6 N–H and O–H groups in total. The molecule has 0 spiro atoms. The van der Waals surface area contributed by atoms with Gasteiger partial charge in [-0.25, -0.2) is 0 Å². The Labute approximate surface area is 128 Å². The fourth-order valence-electron chi connectivity index (χ4n) is 1.56. The minimum Gasteiger partial charge on any atom is -0.480 e. The van der Waals surface area contributed by atoms with E-state index in [1.807, 2.05) is 0 Å². The van der Waals surface area contributed by atoms with E-state index in [4.69, 9.17) is 16.6 Å². The first-order valence-corrected chi connectivity index (χ1v) is 6.52. The van der Waals surface area contributed by atoms with Crippen LogP contribution in [0.4, 0.5) is 0 Å². The van der Waals surface area contributed by atoms with E-state index >= 15 is 0 Å². The first-order chi connectivity index (χ1) is 8.07. The van der Waals surface area contributed by atoms with Crippen molar-refractivity contribution < 1.29 is 9.90 Å². The summed E-state index contributed by atoms with van der Waals surface area (Å²) in [6, 6.07) is -0.386. The zero-order chi connectivity index (χ0) is 13.1. The third kappa shape index (κ3) is 15.9. The van der Waals surface area contributed by atoms with Crippen molar-refractivity contribution in [3.8, 4) is 0 Å². The van der Waals surface area contributed by atoms with Crippen LogP contribution in [-0.2, 0) is 4.79 Å². The lowest BCUT2D eigenvalue weighted by atomic mass is 10.1. The molecule has 0 bridgehead atoms. The average molecular weight is 318 g/mol. The summed E-state index contributed by atoms with van der Waals surface area (Å²) in [4.78, 5) is 10.4. The Morgan fingerprint density at radius 3 is 2.21 bits per heavy atom. The standard InChI is InChI=1S/C12H27N3O2.2ClH/c1-2-10(13)6-3-4-8-15-9-5-7-11(14)12(16)17;;/h10-11,15H,2-9,13-14H2,1H3,(H,16,17);2*1H/t10?,11-;;/m0../s1. The summed E-state index contributed by atoms with van der Waals surface area (Å²) in [6.07, 6.45) is 5.74. The smallest absolute Gasteiger partial charge is 0.320 e. The number of hydrogen-bond acceptors (Lipinski definition) is 4. The molecule has 1 unspecified atom stereocenters. The zero-order valence-electron chi connectivity index (χ0n) is 11.6. The first kappa shape index (κ1) is 24.0. The molecule has 118 valence electrons. The highest BCUT2D eigenvalue weighted by molar-refractivity contribution is 5.85. The van der Waals surface area contributed by atoms with Crippen molar-refractivity contribution in [3.05, 3.63) is 0 Å². The summed E-state index contributed by atoms with van der Waals surface area (Å²) in [7, 11) is 0. The summed E-state index contributed by atoms with van der Waals surface area (Å²) in [5, 5.41) is 11.9. The molecule has 0 radical (unpaired) electrons. The Morgan fingerprint density at radius 1 is 1.11 bits per heavy atom. The van der Waals surface area contributed by atoms with Crippen LogP contribution in [0.2, 0.25) is 0 Å². The molecular formula is C12H29Cl2N3O2. The third-order valence-electron chi connectivity index (χ3n) is 2.89. The fraction of sp³-hybridized carbons (Fsp3) is 0.917. The average Bonchev–Trinajstić information content (AvgIpc) is 2.31. The van der Waals surface area contributed by atoms with Crippen molar-refractivity contribution in [2.45, 2.75) is 57.5 Å². The molecule has 0 heterocycles. The van der Waals surface area contributed by atoms with Gasteiger partial charge in [0.2, 0.25) is 0 Å². The molecule has 0 saturated carbocycles. The number of aliphatic carboxylic acids is 1. The second-order valence-corrected chi connectivity index (χ2v) is 4.50. The molecule has 19 heavy (non-hydrogen) atoms. The molecule has 0 rings (SSSR count). The predicted molar refractivity (Wildman–Crippen MR) is 84.3 cm³/mol. The van der Waals surface area contributed by atoms with Crippen molar-refractivity contribution in [3.63, 3.8) is 0 Å². The molecule has 0 amide bonds. The normalized spacial score (nSPS) is 13.0. The highest BCUT2D eigenvalue weighted by Gasteiger charge is 2.09. The Kier molecular flexibility index (Phi) is 20.2. The molecule has 5 nitrogen and oxygen atoms in total. The largest absolute Gasteiger partial charge is 0.480 e. The molecule has 2 atom stereocenters. The van der Waals surface area contributed by atoms with Gasteiger partial charge in [0.15, 0.2) is 0 Å². The summed E-state index contributed by atoms with van der Waals surface area (Å²) in [5.41, 5.74) is 11.2. The quantitative estimate of drug-likeness (QED) is 0.433. The molecule has 0 aliphatic heterocycles. The molecule has 0 aliphatic rings. The number of nitrogens with one attached hydrogen (secondary N) is 1. The van der Waals surface area contributed by atoms with E-state index in [9.17, 15) is 4.79 Å². The van der Waals surface area contributed by atoms with Crippen molar-refractivity contribution in [2.24, 2.45) is 11.5 Å². The third-order valence-corrected chi connectivity index (χ3v) is 2.89. The van der Waals surface area contributed by atoms with E-state index < -0.39 is 12.0 Å². The maximum absolute atomic E-state index is 10.4. The van der Waals surface area contributed by atoms with E-state index in [0.717, 1.165) is 45.2 Å². The predicted octanol–water partition coefficient (Wildman–Crippen LogP) is 1.52. The van der Waals surface area contributed by atoms with Crippen molar-refractivity contribution >= 4 is 30.8 Å². The summed E-state index contributed by atoms with van der Waals surface area (Å²) in [5.74, 6) is -0.918. The Morgan fingerprint density at radius 2 is 1.68 bits per heavy atom. The number of carboxylic acid groups (broad SMARTS) is 1. The van der Waals surface area contributed by atoms with Crippen LogP contribution in [-0.4, -0.2) is 36.2 Å². The minimum atomic E-state index is -0.918. The number of carbonyl (C=O) groups is 1. The van der Waals surface area contributed by atoms with Gasteiger partial charge in [0.05, 0.1) is 0 Å². The summed E-state index contributed by atoms with van der Waals surface area (Å²) < 4.78 is 0. The summed E-state index contributed by atoms with van der Waals surface area (Å²) >= 11 is 0. The second-order valence-electron chi connectivity index (χ2n) is 4.50. The van der Waals surface area contributed by atoms with Gasteiger partial charge < -0.3 is 21.9 Å². The lowest BCUT2D eigenvalue weighted by molar-refractivity contribution is -0.138. The molecular weight excluding hydrogens is 289 g/mol. The molecule has 0 fully saturated rings. The van der Waals surface area contributed by atoms with E-state index in [-0.39, 0.29) is 24.8 Å². The van der Waals surface area contributed by atoms with Crippen LogP contribution in [0.3, 0.4) is 0 Å². The molecule has 0 aromatic carbocycles. The van der Waals surface area contributed by atoms with Gasteiger partial charge >= 0.3 is 5.97 Å². The molecule has 0 aromatic heterocycles. The minimum absolute atomic E-state index is 0. The Hall–Kier alpha value is -0.0700. The van der Waals surface area contributed by atoms with Crippen LogP contribution in [0.5, 0.6) is 0 Å². The molecule has 0 aromatic rings. The highest BCUT2D eigenvalue weighted by atomic mass is 35.5. The van der Waals surface area contributed by atoms with Crippen molar-refractivity contribution in [2.75, 3.05) is 13.1 Å². The molecule has 0 saturated heterocycles. The fourth-order valence-corrected chi connectivity index (χ4v) is 1.56. The lowest BCUT2D eigenvalue weighted by Crippen LogP contribution is -2.31. The van der Waals surface area contributed by atoms with Gasteiger partial charge in [0.25, 0.3) is 0 Å². The van der Waals surface area contributed by atoms with Crippen molar-refractivity contribution in [1.82, 2.24) is 5.32 Å². The maximum Gasteiger partial charge on any atom is 0.320 e. The Balaban J connectivity index is -0.00000128. The second kappa shape index (κ2) is 16.0. The topological polar surface area (TPSA) is 101 Å². The number of unbranched alkanes of at least 4 members (excludes halogenated alkanes) is 1. The summed E-state index contributed by atoms with van der Waals surface area (Å²) in [6.45, 7) is 3.91. The SMILES string of the molecule is CCC(N)CCCCNCCC[C@H](N)C(=O)O.Cl.Cl. The van der Waals surface area contributed by atoms with Gasteiger partial charge in [0.1, 0.15) is 6.04 Å². The van der Waals surface area contributed by atoms with Crippen LogP contribution < -0.4 is 16.8 Å². The maximum atomic E-state index is 10.4. The van der Waals surface area contributed by atoms with Gasteiger partial charge in [-0.3, -0.25) is 4.79 Å². The monoisotopic (exact) mass is 317 g/mol. The van der Waals surface area contributed by atoms with Gasteiger partial charge in [-0.2, -0.15) is 0 Å². The van der Waals surface area contributed by atoms with E-state index in [1.54, 1.807) is 0 Å². The van der Waals surface area contributed by atoms with E-state index in [0.29, 0.717) is 12.5 Å². The number of nitrogens with two attached hydrogens (primary N) is 2. The van der Waals surface area contributed by atoms with E-state index in [1.165, 1.54) is 0 Å². The van der Waals surface area contributed by atoms with Crippen LogP contribution in [0.15, 0.2) is 0 Å². The number of halogens is 2. The number of rotatable bonds is 11. The molecule has 7 heteroatoms. The van der Waals surface area contributed by atoms with Gasteiger partial charge in [-0.15, -0.1) is 24.8 Å².